The molecule has 0 bridgehead atoms. The number of hydrogen-bond donors (Lipinski definition) is 1. The SMILES string of the molecule is O=C(Cc1ccnc(Cl)n1)c1cccc(NSc2c(F)cccc2F)c1F. The number of nitrogens with zero attached hydrogens (tertiary/aromatic N) is 2. The third-order valence-corrected chi connectivity index (χ3v) is 4.60. The first-order valence-electron chi connectivity index (χ1n) is 7.61. The number of rotatable bonds is 6. The van der Waals surface area contributed by atoms with E-state index < -0.39 is 23.2 Å². The summed E-state index contributed by atoms with van der Waals surface area (Å²) in [5.41, 5.74) is 0.0964. The van der Waals surface area contributed by atoms with E-state index in [0.717, 1.165) is 12.1 Å². The molecule has 9 heteroatoms. The van der Waals surface area contributed by atoms with E-state index in [2.05, 4.69) is 14.7 Å². The Morgan fingerprint density at radius 3 is 2.48 bits per heavy atom. The van der Waals surface area contributed by atoms with E-state index in [1.54, 1.807) is 0 Å². The maximum absolute atomic E-state index is 14.7. The predicted molar refractivity (Wildman–Crippen MR) is 97.3 cm³/mol. The van der Waals surface area contributed by atoms with Gasteiger partial charge in [-0.1, -0.05) is 12.1 Å². The van der Waals surface area contributed by atoms with E-state index in [1.165, 1.54) is 36.5 Å². The Hall–Kier alpha value is -2.58. The average molecular weight is 410 g/mol. The quantitative estimate of drug-likeness (QED) is 0.349. The largest absolute Gasteiger partial charge is 0.323 e. The first kappa shape index (κ1) is 19.2. The number of halogens is 4. The molecule has 3 aromatic rings. The highest BCUT2D eigenvalue weighted by molar-refractivity contribution is 8.00. The van der Waals surface area contributed by atoms with Gasteiger partial charge in [0.25, 0.3) is 0 Å². The number of ketones is 1. The van der Waals surface area contributed by atoms with Crippen LogP contribution in [0.1, 0.15) is 16.1 Å². The van der Waals surface area contributed by atoms with E-state index in [-0.39, 0.29) is 27.9 Å². The van der Waals surface area contributed by atoms with Crippen LogP contribution >= 0.6 is 23.5 Å². The fraction of sp³-hybridized carbons (Fsp3) is 0.0556. The van der Waals surface area contributed by atoms with Gasteiger partial charge >= 0.3 is 0 Å². The molecule has 0 saturated carbocycles. The molecule has 0 aliphatic heterocycles. The minimum absolute atomic E-state index is 0.0143. The number of aromatic nitrogens is 2. The van der Waals surface area contributed by atoms with Crippen LogP contribution in [0.25, 0.3) is 0 Å². The predicted octanol–water partition coefficient (Wildman–Crippen LogP) is 5.09. The molecule has 0 atom stereocenters. The maximum atomic E-state index is 14.7. The molecular weight excluding hydrogens is 399 g/mol. The van der Waals surface area contributed by atoms with Crippen LogP contribution in [-0.4, -0.2) is 15.8 Å². The number of carbonyl (C=O) groups is 1. The second kappa shape index (κ2) is 8.41. The van der Waals surface area contributed by atoms with E-state index in [1.807, 2.05) is 0 Å². The van der Waals surface area contributed by atoms with Gasteiger partial charge < -0.3 is 4.72 Å². The lowest BCUT2D eigenvalue weighted by atomic mass is 10.1. The molecular formula is C18H11ClF3N3OS. The third kappa shape index (κ3) is 4.58. The van der Waals surface area contributed by atoms with Crippen LogP contribution in [0, 0.1) is 17.5 Å². The minimum Gasteiger partial charge on any atom is -0.323 e. The van der Waals surface area contributed by atoms with Gasteiger partial charge in [0, 0.05) is 6.20 Å². The van der Waals surface area contributed by atoms with Gasteiger partial charge in [-0.2, -0.15) is 0 Å². The Morgan fingerprint density at radius 1 is 1.07 bits per heavy atom. The third-order valence-electron chi connectivity index (χ3n) is 3.51. The highest BCUT2D eigenvalue weighted by Crippen LogP contribution is 2.29. The van der Waals surface area contributed by atoms with Crippen LogP contribution in [0.5, 0.6) is 0 Å². The van der Waals surface area contributed by atoms with Gasteiger partial charge in [-0.05, 0) is 53.9 Å². The summed E-state index contributed by atoms with van der Waals surface area (Å²) < 4.78 is 44.5. The van der Waals surface area contributed by atoms with Crippen molar-refractivity contribution >= 4 is 35.0 Å². The van der Waals surface area contributed by atoms with Gasteiger partial charge in [-0.15, -0.1) is 0 Å². The number of Topliss-reactive ketones (excluding diaryl/α,β-unsaturated/α-hetero) is 1. The molecule has 0 aliphatic carbocycles. The van der Waals surface area contributed by atoms with Crippen molar-refractivity contribution in [1.82, 2.24) is 9.97 Å². The van der Waals surface area contributed by atoms with Gasteiger partial charge in [0.1, 0.15) is 11.6 Å². The standard InChI is InChI=1S/C18H11ClF3N3OS/c19-18-23-8-7-10(24-18)9-15(26)11-3-1-6-14(16(11)22)25-27-17-12(20)4-2-5-13(17)21/h1-8,25H,9H2. The Balaban J connectivity index is 1.78. The zero-order chi connectivity index (χ0) is 19.4. The lowest BCUT2D eigenvalue weighted by Gasteiger charge is -2.10. The molecule has 0 amide bonds. The lowest BCUT2D eigenvalue weighted by Crippen LogP contribution is -2.09. The number of carbonyl (C=O) groups excluding carboxylic acids is 1. The molecule has 0 unspecified atom stereocenters. The molecule has 3 rings (SSSR count). The Labute approximate surface area is 161 Å². The van der Waals surface area contributed by atoms with Crippen molar-refractivity contribution in [2.24, 2.45) is 0 Å². The van der Waals surface area contributed by atoms with E-state index in [9.17, 15) is 18.0 Å². The number of nitrogens with one attached hydrogen (secondary N) is 1. The minimum atomic E-state index is -0.827. The van der Waals surface area contributed by atoms with Crippen LogP contribution in [-0.2, 0) is 6.42 Å². The Morgan fingerprint density at radius 2 is 1.78 bits per heavy atom. The van der Waals surface area contributed by atoms with Crippen molar-refractivity contribution < 1.29 is 18.0 Å². The topological polar surface area (TPSA) is 54.9 Å². The number of anilines is 1. The number of benzene rings is 2. The first-order valence-corrected chi connectivity index (χ1v) is 8.81. The molecule has 2 aromatic carbocycles. The van der Waals surface area contributed by atoms with Crippen LogP contribution in [0.4, 0.5) is 18.9 Å². The van der Waals surface area contributed by atoms with Crippen LogP contribution < -0.4 is 4.72 Å². The summed E-state index contributed by atoms with van der Waals surface area (Å²) in [4.78, 5) is 19.7. The fourth-order valence-corrected chi connectivity index (χ4v) is 3.11. The normalized spacial score (nSPS) is 10.7. The van der Waals surface area contributed by atoms with Crippen LogP contribution in [0.3, 0.4) is 0 Å². The van der Waals surface area contributed by atoms with E-state index in [0.29, 0.717) is 17.6 Å². The van der Waals surface area contributed by atoms with Crippen molar-refractivity contribution in [3.8, 4) is 0 Å². The summed E-state index contributed by atoms with van der Waals surface area (Å²) in [6.45, 7) is 0. The van der Waals surface area contributed by atoms with Crippen molar-refractivity contribution in [1.29, 1.82) is 0 Å². The summed E-state index contributed by atoms with van der Waals surface area (Å²) in [6, 6.07) is 9.06. The second-order valence-electron chi connectivity index (χ2n) is 5.34. The van der Waals surface area contributed by atoms with Crippen LogP contribution in [0.2, 0.25) is 5.28 Å². The van der Waals surface area contributed by atoms with Gasteiger partial charge in [-0.25, -0.2) is 23.1 Å². The van der Waals surface area contributed by atoms with Crippen molar-refractivity contribution in [3.05, 3.63) is 82.7 Å². The van der Waals surface area contributed by atoms with Crippen molar-refractivity contribution in [2.45, 2.75) is 11.3 Å². The zero-order valence-electron chi connectivity index (χ0n) is 13.5. The molecule has 1 N–H and O–H groups in total. The Kier molecular flexibility index (Phi) is 5.98. The molecule has 0 saturated heterocycles. The maximum Gasteiger partial charge on any atom is 0.222 e. The van der Waals surface area contributed by atoms with Crippen LogP contribution in [0.15, 0.2) is 53.6 Å². The Bertz CT molecular complexity index is 983. The summed E-state index contributed by atoms with van der Waals surface area (Å²) in [6.07, 6.45) is 1.23. The van der Waals surface area contributed by atoms with Gasteiger partial charge in [0.15, 0.2) is 11.6 Å². The van der Waals surface area contributed by atoms with Gasteiger partial charge in [-0.3, -0.25) is 4.79 Å². The molecule has 1 aromatic heterocycles. The summed E-state index contributed by atoms with van der Waals surface area (Å²) in [7, 11) is 0. The molecule has 4 nitrogen and oxygen atoms in total. The molecule has 0 aliphatic rings. The zero-order valence-corrected chi connectivity index (χ0v) is 15.1. The lowest BCUT2D eigenvalue weighted by molar-refractivity contribution is 0.0988. The molecule has 27 heavy (non-hydrogen) atoms. The highest BCUT2D eigenvalue weighted by Gasteiger charge is 2.17. The first-order chi connectivity index (χ1) is 13.0. The molecule has 0 fully saturated rings. The monoisotopic (exact) mass is 409 g/mol. The number of hydrogen-bond acceptors (Lipinski definition) is 5. The van der Waals surface area contributed by atoms with E-state index in [4.69, 9.17) is 11.6 Å². The summed E-state index contributed by atoms with van der Waals surface area (Å²) >= 11 is 6.25. The molecule has 0 radical (unpaired) electrons. The fourth-order valence-electron chi connectivity index (χ4n) is 2.24. The highest BCUT2D eigenvalue weighted by atomic mass is 35.5. The average Bonchev–Trinajstić information content (AvgIpc) is 2.62. The van der Waals surface area contributed by atoms with E-state index >= 15 is 0 Å². The van der Waals surface area contributed by atoms with Gasteiger partial charge in [0.2, 0.25) is 5.28 Å². The van der Waals surface area contributed by atoms with Crippen molar-refractivity contribution in [3.63, 3.8) is 0 Å². The molecule has 0 spiro atoms. The van der Waals surface area contributed by atoms with Crippen molar-refractivity contribution in [2.75, 3.05) is 4.72 Å². The summed E-state index contributed by atoms with van der Waals surface area (Å²) in [5.74, 6) is -2.90. The van der Waals surface area contributed by atoms with Gasteiger partial charge in [0.05, 0.1) is 28.3 Å². The summed E-state index contributed by atoms with van der Waals surface area (Å²) in [5, 5.41) is -0.0143. The second-order valence-corrected chi connectivity index (χ2v) is 6.49. The molecule has 1 heterocycles. The molecule has 138 valence electrons. The smallest absolute Gasteiger partial charge is 0.222 e.